The number of amides is 1. The van der Waals surface area contributed by atoms with E-state index >= 15 is 0 Å². The quantitative estimate of drug-likeness (QED) is 0.735. The van der Waals surface area contributed by atoms with Gasteiger partial charge in [0.25, 0.3) is 0 Å². The van der Waals surface area contributed by atoms with E-state index < -0.39 is 16.1 Å². The first-order valence-electron chi connectivity index (χ1n) is 9.48. The maximum atomic E-state index is 13.2. The van der Waals surface area contributed by atoms with E-state index in [2.05, 4.69) is 0 Å². The molecule has 2 atom stereocenters. The Morgan fingerprint density at radius 3 is 2.32 bits per heavy atom. The molecule has 0 aromatic heterocycles. The molecular formula is C19H28ClN3O4S. The van der Waals surface area contributed by atoms with Gasteiger partial charge in [0.2, 0.25) is 15.9 Å². The summed E-state index contributed by atoms with van der Waals surface area (Å²) in [6.45, 7) is 2.88. The topological polar surface area (TPSA) is 101 Å². The Morgan fingerprint density at radius 1 is 1.04 bits per heavy atom. The normalized spacial score (nSPS) is 23.7. The van der Waals surface area contributed by atoms with Crippen LogP contribution in [0.4, 0.5) is 0 Å². The van der Waals surface area contributed by atoms with Gasteiger partial charge in [0.15, 0.2) is 5.78 Å². The lowest BCUT2D eigenvalue weighted by Gasteiger charge is -2.39. The molecule has 1 amide bonds. The summed E-state index contributed by atoms with van der Waals surface area (Å²) in [6, 6.07) is 5.19. The molecular weight excluding hydrogens is 402 g/mol. The van der Waals surface area contributed by atoms with Crippen LogP contribution < -0.4 is 5.73 Å². The highest BCUT2D eigenvalue weighted by Gasteiger charge is 2.40. The lowest BCUT2D eigenvalue weighted by molar-refractivity contribution is -0.137. The second kappa shape index (κ2) is 9.35. The molecule has 0 radical (unpaired) electrons. The van der Waals surface area contributed by atoms with E-state index in [4.69, 9.17) is 5.73 Å². The van der Waals surface area contributed by atoms with E-state index in [1.165, 1.54) is 35.5 Å². The fourth-order valence-corrected chi connectivity index (χ4v) is 5.51. The van der Waals surface area contributed by atoms with E-state index in [1.54, 1.807) is 4.90 Å². The maximum absolute atomic E-state index is 13.2. The third-order valence-corrected chi connectivity index (χ3v) is 7.30. The number of carbonyl (C=O) groups is 2. The highest BCUT2D eigenvalue weighted by Crippen LogP contribution is 2.27. The van der Waals surface area contributed by atoms with Gasteiger partial charge in [-0.1, -0.05) is 18.6 Å². The fraction of sp³-hybridized carbons (Fsp3) is 0.579. The molecule has 0 spiro atoms. The Hall–Kier alpha value is -1.48. The van der Waals surface area contributed by atoms with Crippen molar-refractivity contribution in [2.75, 3.05) is 19.6 Å². The lowest BCUT2D eigenvalue weighted by Crippen LogP contribution is -2.56. The number of halogens is 1. The van der Waals surface area contributed by atoms with Crippen molar-refractivity contribution in [2.24, 2.45) is 5.73 Å². The first-order valence-corrected chi connectivity index (χ1v) is 10.9. The number of sulfonamides is 1. The third kappa shape index (κ3) is 4.74. The number of ketones is 1. The van der Waals surface area contributed by atoms with Gasteiger partial charge in [0.05, 0.1) is 4.90 Å². The van der Waals surface area contributed by atoms with Gasteiger partial charge in [-0.2, -0.15) is 4.31 Å². The molecule has 7 nitrogen and oxygen atoms in total. The van der Waals surface area contributed by atoms with Gasteiger partial charge in [0.1, 0.15) is 6.04 Å². The second-order valence-electron chi connectivity index (χ2n) is 7.39. The van der Waals surface area contributed by atoms with Crippen molar-refractivity contribution >= 4 is 34.1 Å². The number of carbonyl (C=O) groups excluding carboxylic acids is 2. The van der Waals surface area contributed by atoms with Crippen LogP contribution in [0.2, 0.25) is 0 Å². The van der Waals surface area contributed by atoms with Crippen molar-refractivity contribution < 1.29 is 18.0 Å². The van der Waals surface area contributed by atoms with E-state index in [-0.39, 0.29) is 35.0 Å². The molecule has 3 rings (SSSR count). The van der Waals surface area contributed by atoms with Crippen LogP contribution in [0.25, 0.3) is 0 Å². The lowest BCUT2D eigenvalue weighted by atomic mass is 10.0. The minimum Gasteiger partial charge on any atom is -0.340 e. The highest BCUT2D eigenvalue weighted by atomic mass is 35.5. The Morgan fingerprint density at radius 2 is 1.71 bits per heavy atom. The Bertz CT molecular complexity index is 813. The van der Waals surface area contributed by atoms with Crippen molar-refractivity contribution in [3.8, 4) is 0 Å². The number of benzene rings is 1. The van der Waals surface area contributed by atoms with Gasteiger partial charge in [0, 0.05) is 31.2 Å². The zero-order chi connectivity index (χ0) is 19.6. The van der Waals surface area contributed by atoms with Crippen LogP contribution in [0.1, 0.15) is 49.4 Å². The molecule has 0 saturated carbocycles. The van der Waals surface area contributed by atoms with Crippen LogP contribution in [-0.2, 0) is 14.8 Å². The number of likely N-dealkylation sites (tertiary alicyclic amines) is 1. The Kier molecular flexibility index (Phi) is 7.61. The first-order chi connectivity index (χ1) is 12.8. The zero-order valence-corrected chi connectivity index (χ0v) is 17.7. The van der Waals surface area contributed by atoms with Crippen molar-refractivity contribution in [2.45, 2.75) is 56.0 Å². The summed E-state index contributed by atoms with van der Waals surface area (Å²) >= 11 is 0. The Labute approximate surface area is 172 Å². The van der Waals surface area contributed by atoms with Gasteiger partial charge in [-0.25, -0.2) is 8.42 Å². The smallest absolute Gasteiger partial charge is 0.243 e. The van der Waals surface area contributed by atoms with E-state index in [0.717, 1.165) is 25.7 Å². The SMILES string of the molecule is CC(=O)c1ccc(S(=O)(=O)N2CCCCC2C(=O)N2CCCC(N)C2)cc1.Cl. The average Bonchev–Trinajstić information content (AvgIpc) is 2.67. The fourth-order valence-electron chi connectivity index (χ4n) is 3.86. The monoisotopic (exact) mass is 429 g/mol. The van der Waals surface area contributed by atoms with Crippen LogP contribution in [0, 0.1) is 0 Å². The molecule has 2 fully saturated rings. The van der Waals surface area contributed by atoms with Crippen molar-refractivity contribution in [3.05, 3.63) is 29.8 Å². The number of Topliss-reactive ketones (excluding diaryl/α,β-unsaturated/α-hetero) is 1. The predicted molar refractivity (Wildman–Crippen MR) is 109 cm³/mol. The molecule has 1 aromatic rings. The van der Waals surface area contributed by atoms with E-state index in [9.17, 15) is 18.0 Å². The van der Waals surface area contributed by atoms with Gasteiger partial charge < -0.3 is 10.6 Å². The largest absolute Gasteiger partial charge is 0.340 e. The number of nitrogens with zero attached hydrogens (tertiary/aromatic N) is 2. The second-order valence-corrected chi connectivity index (χ2v) is 9.29. The van der Waals surface area contributed by atoms with E-state index in [1.807, 2.05) is 0 Å². The molecule has 9 heteroatoms. The summed E-state index contributed by atoms with van der Waals surface area (Å²) in [6.07, 6.45) is 3.81. The number of nitrogens with two attached hydrogens (primary N) is 1. The predicted octanol–water partition coefficient (Wildman–Crippen LogP) is 1.80. The average molecular weight is 430 g/mol. The number of rotatable bonds is 4. The van der Waals surface area contributed by atoms with Gasteiger partial charge in [-0.05, 0) is 44.7 Å². The summed E-state index contributed by atoms with van der Waals surface area (Å²) in [4.78, 5) is 26.3. The molecule has 2 aliphatic heterocycles. The molecule has 0 aliphatic carbocycles. The third-order valence-electron chi connectivity index (χ3n) is 5.38. The maximum Gasteiger partial charge on any atom is 0.243 e. The molecule has 2 saturated heterocycles. The summed E-state index contributed by atoms with van der Waals surface area (Å²) in [5.74, 6) is -0.264. The van der Waals surface area contributed by atoms with Crippen LogP contribution >= 0.6 is 12.4 Å². The van der Waals surface area contributed by atoms with Crippen molar-refractivity contribution in [3.63, 3.8) is 0 Å². The number of piperidine rings is 2. The molecule has 28 heavy (non-hydrogen) atoms. The summed E-state index contributed by atoms with van der Waals surface area (Å²) in [5, 5.41) is 0. The number of hydrogen-bond donors (Lipinski definition) is 1. The first kappa shape index (κ1) is 22.8. The molecule has 0 bridgehead atoms. The molecule has 2 unspecified atom stereocenters. The zero-order valence-electron chi connectivity index (χ0n) is 16.0. The minimum absolute atomic E-state index is 0. The number of hydrogen-bond acceptors (Lipinski definition) is 5. The van der Waals surface area contributed by atoms with Gasteiger partial charge in [-0.3, -0.25) is 9.59 Å². The molecule has 2 heterocycles. The van der Waals surface area contributed by atoms with Gasteiger partial charge >= 0.3 is 0 Å². The minimum atomic E-state index is -3.81. The van der Waals surface area contributed by atoms with Crippen LogP contribution in [0.5, 0.6) is 0 Å². The van der Waals surface area contributed by atoms with Crippen LogP contribution in [-0.4, -0.2) is 61.0 Å². The van der Waals surface area contributed by atoms with Gasteiger partial charge in [-0.15, -0.1) is 12.4 Å². The summed E-state index contributed by atoms with van der Waals surface area (Å²) < 4.78 is 27.7. The highest BCUT2D eigenvalue weighted by molar-refractivity contribution is 7.89. The molecule has 2 aliphatic rings. The van der Waals surface area contributed by atoms with Crippen LogP contribution in [0.3, 0.4) is 0 Å². The van der Waals surface area contributed by atoms with E-state index in [0.29, 0.717) is 31.6 Å². The summed E-state index contributed by atoms with van der Waals surface area (Å²) in [5.41, 5.74) is 6.45. The molecule has 2 N–H and O–H groups in total. The standard InChI is InChI=1S/C19H27N3O4S.ClH/c1-14(23)15-7-9-17(10-8-15)27(25,26)22-12-3-2-6-18(22)19(24)21-11-4-5-16(20)13-21;/h7-10,16,18H,2-6,11-13,20H2,1H3;1H. The van der Waals surface area contributed by atoms with Crippen LogP contribution in [0.15, 0.2) is 29.2 Å². The summed E-state index contributed by atoms with van der Waals surface area (Å²) in [7, 11) is -3.81. The molecule has 156 valence electrons. The van der Waals surface area contributed by atoms with Crippen molar-refractivity contribution in [1.29, 1.82) is 0 Å². The molecule has 1 aromatic carbocycles. The Balaban J connectivity index is 0.00000280. The van der Waals surface area contributed by atoms with Crippen molar-refractivity contribution in [1.82, 2.24) is 9.21 Å².